The summed E-state index contributed by atoms with van der Waals surface area (Å²) in [4.78, 5) is 13.8. The molecule has 0 spiro atoms. The molecule has 10 atom stereocenters. The van der Waals surface area contributed by atoms with Crippen LogP contribution in [-0.4, -0.2) is 5.78 Å². The third-order valence-electron chi connectivity index (χ3n) is 13.6. The number of benzene rings is 1. The molecule has 0 amide bonds. The SMILES string of the molecule is CCC12CCC3C(CC=C4C3(C)CCC3C(C(=O)c5cc(N)cc(N)c5)C43C)C1CCC2C(C)CCC=C(C)C. The van der Waals surface area contributed by atoms with Crippen LogP contribution in [0.15, 0.2) is 41.5 Å². The minimum Gasteiger partial charge on any atom is -0.399 e. The summed E-state index contributed by atoms with van der Waals surface area (Å²) in [7, 11) is 0. The maximum Gasteiger partial charge on any atom is 0.167 e. The summed E-state index contributed by atoms with van der Waals surface area (Å²) in [6, 6.07) is 5.41. The van der Waals surface area contributed by atoms with Gasteiger partial charge in [0.25, 0.3) is 0 Å². The minimum atomic E-state index is 0.00532. The van der Waals surface area contributed by atoms with Crippen LogP contribution in [0.2, 0.25) is 0 Å². The van der Waals surface area contributed by atoms with E-state index in [2.05, 4.69) is 53.7 Å². The van der Waals surface area contributed by atoms with Gasteiger partial charge in [0.05, 0.1) is 0 Å². The molecule has 0 bridgehead atoms. The molecule has 10 unspecified atom stereocenters. The number of nitrogen functional groups attached to an aromatic ring is 2. The van der Waals surface area contributed by atoms with Gasteiger partial charge in [-0.1, -0.05) is 51.0 Å². The van der Waals surface area contributed by atoms with E-state index in [1.54, 1.807) is 11.6 Å². The van der Waals surface area contributed by atoms with Crippen molar-refractivity contribution >= 4 is 17.2 Å². The van der Waals surface area contributed by atoms with Gasteiger partial charge in [0, 0.05) is 28.3 Å². The molecule has 4 N–H and O–H groups in total. The molecule has 5 aliphatic rings. The molecule has 0 aromatic heterocycles. The zero-order chi connectivity index (χ0) is 28.6. The molecule has 218 valence electrons. The zero-order valence-electron chi connectivity index (χ0n) is 26.1. The average molecular weight is 543 g/mol. The van der Waals surface area contributed by atoms with Crippen molar-refractivity contribution in [3.8, 4) is 0 Å². The first-order chi connectivity index (χ1) is 19.0. The molecule has 0 saturated heterocycles. The van der Waals surface area contributed by atoms with Crippen molar-refractivity contribution in [2.24, 2.45) is 57.7 Å². The highest BCUT2D eigenvalue weighted by molar-refractivity contribution is 6.02. The predicted octanol–water partition coefficient (Wildman–Crippen LogP) is 9.25. The van der Waals surface area contributed by atoms with Gasteiger partial charge in [-0.2, -0.15) is 0 Å². The van der Waals surface area contributed by atoms with Crippen LogP contribution in [-0.2, 0) is 0 Å². The van der Waals surface area contributed by atoms with Gasteiger partial charge in [-0.05, 0) is 143 Å². The van der Waals surface area contributed by atoms with Crippen LogP contribution in [0.25, 0.3) is 0 Å². The summed E-state index contributed by atoms with van der Waals surface area (Å²) in [5.41, 5.74) is 17.9. The van der Waals surface area contributed by atoms with Crippen LogP contribution in [0.3, 0.4) is 0 Å². The topological polar surface area (TPSA) is 69.1 Å². The van der Waals surface area contributed by atoms with Crippen molar-refractivity contribution in [1.29, 1.82) is 0 Å². The quantitative estimate of drug-likeness (QED) is 0.205. The molecule has 4 fully saturated rings. The maximum absolute atomic E-state index is 13.8. The highest BCUT2D eigenvalue weighted by Gasteiger charge is 2.72. The zero-order valence-corrected chi connectivity index (χ0v) is 26.1. The van der Waals surface area contributed by atoms with Crippen molar-refractivity contribution in [3.63, 3.8) is 0 Å². The predicted molar refractivity (Wildman–Crippen MR) is 168 cm³/mol. The number of anilines is 2. The van der Waals surface area contributed by atoms with Crippen molar-refractivity contribution in [3.05, 3.63) is 47.1 Å². The van der Waals surface area contributed by atoms with E-state index in [4.69, 9.17) is 11.5 Å². The number of hydrogen-bond donors (Lipinski definition) is 2. The molecule has 0 radical (unpaired) electrons. The fourth-order valence-electron chi connectivity index (χ4n) is 11.8. The van der Waals surface area contributed by atoms with Crippen molar-refractivity contribution in [2.45, 2.75) is 106 Å². The normalized spacial score (nSPS) is 42.0. The number of carbonyl (C=O) groups excluding carboxylic acids is 1. The lowest BCUT2D eigenvalue weighted by atomic mass is 9.45. The molecule has 1 aromatic rings. The Kier molecular flexibility index (Phi) is 6.87. The van der Waals surface area contributed by atoms with Crippen molar-refractivity contribution in [2.75, 3.05) is 11.5 Å². The van der Waals surface area contributed by atoms with Crippen LogP contribution in [0.5, 0.6) is 0 Å². The fraction of sp³-hybridized carbons (Fsp3) is 0.703. The monoisotopic (exact) mass is 542 g/mol. The molecular formula is C37H54N2O. The maximum atomic E-state index is 13.8. The number of ketones is 1. The number of carbonyl (C=O) groups is 1. The second-order valence-electron chi connectivity index (χ2n) is 15.5. The lowest BCUT2D eigenvalue weighted by molar-refractivity contribution is -0.0652. The largest absolute Gasteiger partial charge is 0.399 e. The summed E-state index contributed by atoms with van der Waals surface area (Å²) >= 11 is 0. The van der Waals surface area contributed by atoms with E-state index >= 15 is 0 Å². The van der Waals surface area contributed by atoms with Gasteiger partial charge >= 0.3 is 0 Å². The molecule has 0 aliphatic heterocycles. The molecule has 40 heavy (non-hydrogen) atoms. The van der Waals surface area contributed by atoms with Crippen LogP contribution < -0.4 is 11.5 Å². The van der Waals surface area contributed by atoms with Crippen LogP contribution in [0, 0.1) is 57.7 Å². The van der Waals surface area contributed by atoms with E-state index in [0.717, 1.165) is 29.6 Å². The number of Topliss-reactive ketones (excluding diaryl/α,β-unsaturated/α-hetero) is 1. The van der Waals surface area contributed by atoms with Gasteiger partial charge < -0.3 is 11.5 Å². The van der Waals surface area contributed by atoms with E-state index in [1.807, 2.05) is 12.1 Å². The van der Waals surface area contributed by atoms with Crippen LogP contribution in [0.4, 0.5) is 11.4 Å². The minimum absolute atomic E-state index is 0.00532. The van der Waals surface area contributed by atoms with Gasteiger partial charge in [0.15, 0.2) is 5.78 Å². The Morgan fingerprint density at radius 3 is 2.38 bits per heavy atom. The Hall–Kier alpha value is -2.03. The third kappa shape index (κ3) is 3.99. The van der Waals surface area contributed by atoms with Crippen LogP contribution >= 0.6 is 0 Å². The Morgan fingerprint density at radius 2 is 1.70 bits per heavy atom. The van der Waals surface area contributed by atoms with E-state index in [-0.39, 0.29) is 22.5 Å². The highest BCUT2D eigenvalue weighted by atomic mass is 16.1. The lowest BCUT2D eigenvalue weighted by Crippen LogP contribution is -2.52. The summed E-state index contributed by atoms with van der Waals surface area (Å²) in [5, 5.41) is 0. The first-order valence-corrected chi connectivity index (χ1v) is 16.5. The van der Waals surface area contributed by atoms with E-state index in [0.29, 0.717) is 28.3 Å². The Balaban J connectivity index is 1.26. The number of nitrogens with two attached hydrogens (primary N) is 2. The highest BCUT2D eigenvalue weighted by Crippen LogP contribution is 2.77. The summed E-state index contributed by atoms with van der Waals surface area (Å²) in [5.74, 6) is 4.97. The number of allylic oxidation sites excluding steroid dienone is 4. The smallest absolute Gasteiger partial charge is 0.167 e. The molecule has 5 aliphatic carbocycles. The Labute approximate surface area is 243 Å². The third-order valence-corrected chi connectivity index (χ3v) is 13.6. The van der Waals surface area contributed by atoms with Crippen LogP contribution in [0.1, 0.15) is 116 Å². The molecule has 6 rings (SSSR count). The first-order valence-electron chi connectivity index (χ1n) is 16.5. The van der Waals surface area contributed by atoms with E-state index in [9.17, 15) is 4.79 Å². The van der Waals surface area contributed by atoms with Gasteiger partial charge in [-0.25, -0.2) is 0 Å². The second-order valence-corrected chi connectivity index (χ2v) is 15.5. The van der Waals surface area contributed by atoms with Gasteiger partial charge in [0.1, 0.15) is 0 Å². The molecule has 4 saturated carbocycles. The molecule has 3 nitrogen and oxygen atoms in total. The fourth-order valence-corrected chi connectivity index (χ4v) is 11.8. The van der Waals surface area contributed by atoms with E-state index < -0.39 is 0 Å². The van der Waals surface area contributed by atoms with Gasteiger partial charge in [0.2, 0.25) is 0 Å². The van der Waals surface area contributed by atoms with E-state index in [1.165, 1.54) is 69.8 Å². The first kappa shape index (κ1) is 28.1. The number of fused-ring (bicyclic) bond motifs is 7. The molecule has 0 heterocycles. The number of rotatable bonds is 7. The summed E-state index contributed by atoms with van der Waals surface area (Å²) in [6.07, 6.45) is 18.4. The van der Waals surface area contributed by atoms with Crippen molar-refractivity contribution in [1.82, 2.24) is 0 Å². The lowest BCUT2D eigenvalue weighted by Gasteiger charge is -2.59. The van der Waals surface area contributed by atoms with Crippen molar-refractivity contribution < 1.29 is 4.79 Å². The molecular weight excluding hydrogens is 488 g/mol. The molecule has 3 heteroatoms. The Morgan fingerprint density at radius 1 is 1.00 bits per heavy atom. The average Bonchev–Trinajstić information content (AvgIpc) is 3.32. The second kappa shape index (κ2) is 9.77. The Bertz CT molecular complexity index is 1220. The molecule has 1 aromatic carbocycles. The summed E-state index contributed by atoms with van der Waals surface area (Å²) in [6.45, 7) is 14.6. The number of hydrogen-bond acceptors (Lipinski definition) is 3. The van der Waals surface area contributed by atoms with Gasteiger partial charge in [-0.3, -0.25) is 4.79 Å². The summed E-state index contributed by atoms with van der Waals surface area (Å²) < 4.78 is 0. The van der Waals surface area contributed by atoms with Gasteiger partial charge in [-0.15, -0.1) is 0 Å². The standard InChI is InChI=1S/C37H54N2O/c1-7-37-18-16-29-27(30(37)13-12-28(37)23(4)10-8-9-22(2)3)11-14-32-35(29,5)17-15-31-33(36(31,32)6)34(40)24-19-25(38)21-26(39)20-24/h9,14,19-21,23,27-31,33H,7-8,10-13,15-18,38-39H2,1-6H3.